The highest BCUT2D eigenvalue weighted by atomic mass is 16.5. The van der Waals surface area contributed by atoms with Crippen LogP contribution < -0.4 is 4.74 Å². The Morgan fingerprint density at radius 3 is 2.73 bits per heavy atom. The molecule has 0 bridgehead atoms. The number of unbranched alkanes of at least 4 members (excludes halogenated alkanes) is 2. The van der Waals surface area contributed by atoms with E-state index in [4.69, 9.17) is 9.47 Å². The van der Waals surface area contributed by atoms with E-state index in [1.807, 2.05) is 24.4 Å². The number of ether oxygens (including phenoxy) is 2. The first-order valence-electron chi connectivity index (χ1n) is 7.81. The van der Waals surface area contributed by atoms with Crippen molar-refractivity contribution in [3.05, 3.63) is 29.7 Å². The van der Waals surface area contributed by atoms with Crippen LogP contribution in [0, 0.1) is 0 Å². The molecule has 5 heteroatoms. The third kappa shape index (κ3) is 3.78. The fourth-order valence-corrected chi connectivity index (χ4v) is 2.36. The number of fused-ring (bicyclic) bond motifs is 1. The molecule has 0 unspecified atom stereocenters. The number of aryl methyl sites for hydroxylation is 1. The van der Waals surface area contributed by atoms with Crippen molar-refractivity contribution in [2.75, 3.05) is 7.11 Å². The summed E-state index contributed by atoms with van der Waals surface area (Å²) in [6.07, 6.45) is 8.13. The molecule has 0 fully saturated rings. The lowest BCUT2D eigenvalue weighted by Gasteiger charge is -2.13. The Balaban J connectivity index is 2.36. The van der Waals surface area contributed by atoms with E-state index >= 15 is 0 Å². The molecular weight excluding hydrogens is 280 g/mol. The van der Waals surface area contributed by atoms with Crippen LogP contribution >= 0.6 is 0 Å². The van der Waals surface area contributed by atoms with Crippen molar-refractivity contribution < 1.29 is 14.3 Å². The molecule has 0 radical (unpaired) electrons. The molecule has 0 atom stereocenters. The lowest BCUT2D eigenvalue weighted by atomic mass is 10.2. The zero-order chi connectivity index (χ0) is 16.1. The molecule has 2 heterocycles. The second kappa shape index (κ2) is 7.29. The van der Waals surface area contributed by atoms with Crippen molar-refractivity contribution in [1.82, 2.24) is 9.38 Å². The van der Waals surface area contributed by atoms with Gasteiger partial charge in [0.15, 0.2) is 0 Å². The van der Waals surface area contributed by atoms with Gasteiger partial charge in [-0.3, -0.25) is 0 Å². The first-order valence-corrected chi connectivity index (χ1v) is 7.81. The number of methoxy groups -OCH3 is 1. The van der Waals surface area contributed by atoms with Crippen LogP contribution in [-0.2, 0) is 11.2 Å². The Bertz CT molecular complexity index is 647. The van der Waals surface area contributed by atoms with Gasteiger partial charge in [0.05, 0.1) is 18.9 Å². The monoisotopic (exact) mass is 304 g/mol. The molecule has 2 aromatic rings. The Morgan fingerprint density at radius 2 is 2.09 bits per heavy atom. The van der Waals surface area contributed by atoms with Gasteiger partial charge in [-0.2, -0.15) is 0 Å². The van der Waals surface area contributed by atoms with Crippen molar-refractivity contribution >= 4 is 11.6 Å². The molecule has 0 N–H and O–H groups in total. The second-order valence-corrected chi connectivity index (χ2v) is 5.66. The maximum absolute atomic E-state index is 11.9. The van der Waals surface area contributed by atoms with Gasteiger partial charge in [-0.25, -0.2) is 9.78 Å². The molecule has 5 nitrogen and oxygen atoms in total. The minimum Gasteiger partial charge on any atom is -0.490 e. The summed E-state index contributed by atoms with van der Waals surface area (Å²) in [7, 11) is 1.37. The summed E-state index contributed by atoms with van der Waals surface area (Å²) in [6, 6.07) is 1.80. The molecule has 2 aromatic heterocycles. The van der Waals surface area contributed by atoms with Crippen LogP contribution in [0.25, 0.3) is 5.65 Å². The van der Waals surface area contributed by atoms with Crippen molar-refractivity contribution in [3.63, 3.8) is 0 Å². The highest BCUT2D eigenvalue weighted by Gasteiger charge is 2.17. The summed E-state index contributed by atoms with van der Waals surface area (Å²) < 4.78 is 12.4. The van der Waals surface area contributed by atoms with Crippen LogP contribution in [0.3, 0.4) is 0 Å². The average Bonchev–Trinajstić information content (AvgIpc) is 2.87. The van der Waals surface area contributed by atoms with Crippen LogP contribution in [0.1, 0.15) is 56.1 Å². The van der Waals surface area contributed by atoms with Gasteiger partial charge in [-0.05, 0) is 26.7 Å². The van der Waals surface area contributed by atoms with Gasteiger partial charge in [-0.1, -0.05) is 19.8 Å². The molecule has 22 heavy (non-hydrogen) atoms. The van der Waals surface area contributed by atoms with Gasteiger partial charge in [0, 0.05) is 18.5 Å². The maximum Gasteiger partial charge on any atom is 0.343 e. The van der Waals surface area contributed by atoms with Crippen molar-refractivity contribution in [2.24, 2.45) is 0 Å². The molecule has 0 saturated carbocycles. The average molecular weight is 304 g/mol. The molecule has 120 valence electrons. The zero-order valence-electron chi connectivity index (χ0n) is 13.8. The maximum atomic E-state index is 11.9. The van der Waals surface area contributed by atoms with Crippen molar-refractivity contribution in [1.29, 1.82) is 0 Å². The third-order valence-electron chi connectivity index (χ3n) is 3.41. The largest absolute Gasteiger partial charge is 0.490 e. The number of imidazole rings is 1. The van der Waals surface area contributed by atoms with Gasteiger partial charge in [-0.15, -0.1) is 0 Å². The van der Waals surface area contributed by atoms with E-state index in [-0.39, 0.29) is 6.10 Å². The van der Waals surface area contributed by atoms with Crippen molar-refractivity contribution in [2.45, 2.75) is 52.6 Å². The standard InChI is InChI=1S/C17H24N2O3/c1-5-6-7-8-13-10-19-11-14(17(20)21-4)15(22-12(2)3)9-16(19)18-13/h9-12H,5-8H2,1-4H3. The number of hydrogen-bond donors (Lipinski definition) is 0. The lowest BCUT2D eigenvalue weighted by Crippen LogP contribution is -2.12. The number of carbonyl (C=O) groups excluding carboxylic acids is 1. The van der Waals surface area contributed by atoms with E-state index in [1.165, 1.54) is 20.0 Å². The van der Waals surface area contributed by atoms with E-state index in [1.54, 1.807) is 12.3 Å². The highest BCUT2D eigenvalue weighted by molar-refractivity contribution is 5.92. The summed E-state index contributed by atoms with van der Waals surface area (Å²) in [5, 5.41) is 0. The second-order valence-electron chi connectivity index (χ2n) is 5.66. The molecule has 2 rings (SSSR count). The molecule has 0 saturated heterocycles. The Morgan fingerprint density at radius 1 is 1.32 bits per heavy atom. The zero-order valence-corrected chi connectivity index (χ0v) is 13.8. The minimum absolute atomic E-state index is 0.0233. The van der Waals surface area contributed by atoms with Gasteiger partial charge < -0.3 is 13.9 Å². The van der Waals surface area contributed by atoms with E-state index in [0.29, 0.717) is 11.3 Å². The molecule has 0 amide bonds. The predicted octanol–water partition coefficient (Wildman–Crippen LogP) is 3.64. The first-order chi connectivity index (χ1) is 10.5. The summed E-state index contributed by atoms with van der Waals surface area (Å²) >= 11 is 0. The van der Waals surface area contributed by atoms with E-state index in [0.717, 1.165) is 24.2 Å². The van der Waals surface area contributed by atoms with Crippen LogP contribution in [0.15, 0.2) is 18.5 Å². The fourth-order valence-electron chi connectivity index (χ4n) is 2.36. The number of pyridine rings is 1. The van der Waals surface area contributed by atoms with Crippen LogP contribution in [0.4, 0.5) is 0 Å². The molecule has 0 aliphatic rings. The predicted molar refractivity (Wildman–Crippen MR) is 85.5 cm³/mol. The Labute approximate surface area is 131 Å². The van der Waals surface area contributed by atoms with Crippen LogP contribution in [0.2, 0.25) is 0 Å². The van der Waals surface area contributed by atoms with Crippen molar-refractivity contribution in [3.8, 4) is 5.75 Å². The first kappa shape index (κ1) is 16.3. The SMILES string of the molecule is CCCCCc1cn2cc(C(=O)OC)c(OC(C)C)cc2n1. The Kier molecular flexibility index (Phi) is 5.41. The minimum atomic E-state index is -0.404. The van der Waals surface area contributed by atoms with Gasteiger partial charge >= 0.3 is 5.97 Å². The third-order valence-corrected chi connectivity index (χ3v) is 3.41. The van der Waals surface area contributed by atoms with Crippen LogP contribution in [0.5, 0.6) is 5.75 Å². The summed E-state index contributed by atoms with van der Waals surface area (Å²) in [4.78, 5) is 16.6. The quantitative estimate of drug-likeness (QED) is 0.579. The summed E-state index contributed by atoms with van der Waals surface area (Å²) in [5.41, 5.74) is 2.24. The number of nitrogens with zero attached hydrogens (tertiary/aromatic N) is 2. The van der Waals surface area contributed by atoms with E-state index < -0.39 is 5.97 Å². The number of esters is 1. The number of aromatic nitrogens is 2. The van der Waals surface area contributed by atoms with Gasteiger partial charge in [0.2, 0.25) is 0 Å². The van der Waals surface area contributed by atoms with E-state index in [9.17, 15) is 4.79 Å². The Hall–Kier alpha value is -2.04. The van der Waals surface area contributed by atoms with E-state index in [2.05, 4.69) is 11.9 Å². The fraction of sp³-hybridized carbons (Fsp3) is 0.529. The summed E-state index contributed by atoms with van der Waals surface area (Å²) in [5.74, 6) is 0.110. The van der Waals surface area contributed by atoms with Gasteiger partial charge in [0.1, 0.15) is 17.0 Å². The number of hydrogen-bond acceptors (Lipinski definition) is 4. The molecule has 0 aliphatic carbocycles. The normalized spacial score (nSPS) is 11.1. The molecule has 0 aliphatic heterocycles. The molecular formula is C17H24N2O3. The number of carbonyl (C=O) groups is 1. The van der Waals surface area contributed by atoms with Crippen LogP contribution in [-0.4, -0.2) is 28.6 Å². The topological polar surface area (TPSA) is 52.8 Å². The van der Waals surface area contributed by atoms with Gasteiger partial charge in [0.25, 0.3) is 0 Å². The summed E-state index contributed by atoms with van der Waals surface area (Å²) in [6.45, 7) is 6.03. The number of rotatable bonds is 7. The highest BCUT2D eigenvalue weighted by Crippen LogP contribution is 2.23. The molecule has 0 spiro atoms. The smallest absolute Gasteiger partial charge is 0.343 e. The lowest BCUT2D eigenvalue weighted by molar-refractivity contribution is 0.0593. The molecule has 0 aromatic carbocycles.